The summed E-state index contributed by atoms with van der Waals surface area (Å²) in [5.41, 5.74) is 3.18. The summed E-state index contributed by atoms with van der Waals surface area (Å²) in [4.78, 5) is 17.1. The molecule has 1 aliphatic rings. The van der Waals surface area contributed by atoms with Gasteiger partial charge < -0.3 is 14.1 Å². The van der Waals surface area contributed by atoms with Gasteiger partial charge in [0.1, 0.15) is 23.5 Å². The predicted octanol–water partition coefficient (Wildman–Crippen LogP) is 4.81. The number of furan rings is 1. The minimum Gasteiger partial charge on any atom is -0.461 e. The third kappa shape index (κ3) is 4.46. The molecule has 5 heteroatoms. The van der Waals surface area contributed by atoms with Gasteiger partial charge in [0.25, 0.3) is 0 Å². The van der Waals surface area contributed by atoms with E-state index in [1.54, 1.807) is 6.07 Å². The number of piperidine rings is 1. The molecule has 1 aromatic heterocycles. The summed E-state index contributed by atoms with van der Waals surface area (Å²) in [5.74, 6) is 0.426. The van der Waals surface area contributed by atoms with Crippen LogP contribution in [0.15, 0.2) is 52.9 Å². The maximum absolute atomic E-state index is 12.7. The first-order valence-corrected chi connectivity index (χ1v) is 10.3. The molecule has 0 amide bonds. The minimum absolute atomic E-state index is 0.323. The minimum atomic E-state index is -0.323. The lowest BCUT2D eigenvalue weighted by Crippen LogP contribution is -2.33. The summed E-state index contributed by atoms with van der Waals surface area (Å²) < 4.78 is 11.6. The first kappa shape index (κ1) is 19.5. The van der Waals surface area contributed by atoms with Crippen LogP contribution in [0.4, 0.5) is 5.69 Å². The molecule has 0 saturated carbocycles. The van der Waals surface area contributed by atoms with Crippen molar-refractivity contribution in [1.82, 2.24) is 4.90 Å². The van der Waals surface area contributed by atoms with E-state index in [1.807, 2.05) is 44.4 Å². The highest BCUT2D eigenvalue weighted by molar-refractivity contribution is 6.03. The molecule has 5 nitrogen and oxygen atoms in total. The van der Waals surface area contributed by atoms with E-state index >= 15 is 0 Å². The molecule has 4 rings (SSSR count). The van der Waals surface area contributed by atoms with Crippen molar-refractivity contribution in [3.63, 3.8) is 0 Å². The fraction of sp³-hybridized carbons (Fsp3) is 0.375. The van der Waals surface area contributed by atoms with Crippen LogP contribution in [0.1, 0.15) is 29.6 Å². The van der Waals surface area contributed by atoms with Crippen LogP contribution >= 0.6 is 0 Å². The van der Waals surface area contributed by atoms with E-state index < -0.39 is 0 Å². The molecule has 0 bridgehead atoms. The second kappa shape index (κ2) is 8.70. The Labute approximate surface area is 171 Å². The van der Waals surface area contributed by atoms with E-state index in [-0.39, 0.29) is 5.97 Å². The molecule has 0 spiro atoms. The second-order valence-electron chi connectivity index (χ2n) is 7.81. The number of ether oxygens (including phenoxy) is 1. The zero-order valence-corrected chi connectivity index (χ0v) is 17.2. The summed E-state index contributed by atoms with van der Waals surface area (Å²) in [6.45, 7) is 3.40. The van der Waals surface area contributed by atoms with Crippen molar-refractivity contribution < 1.29 is 13.9 Å². The van der Waals surface area contributed by atoms with Gasteiger partial charge in [0.05, 0.1) is 0 Å². The molecule has 1 aliphatic heterocycles. The van der Waals surface area contributed by atoms with E-state index in [0.29, 0.717) is 17.8 Å². The van der Waals surface area contributed by atoms with Gasteiger partial charge >= 0.3 is 5.97 Å². The summed E-state index contributed by atoms with van der Waals surface area (Å²) in [6.07, 6.45) is 3.77. The molecule has 1 fully saturated rings. The van der Waals surface area contributed by atoms with Gasteiger partial charge in [0.15, 0.2) is 0 Å². The van der Waals surface area contributed by atoms with Gasteiger partial charge in [-0.25, -0.2) is 4.79 Å². The Hall–Kier alpha value is -2.79. The van der Waals surface area contributed by atoms with E-state index in [4.69, 9.17) is 9.15 Å². The number of esters is 1. The Morgan fingerprint density at radius 3 is 2.55 bits per heavy atom. The molecule has 0 unspecified atom stereocenters. The first-order chi connectivity index (χ1) is 14.1. The van der Waals surface area contributed by atoms with Crippen molar-refractivity contribution >= 4 is 22.6 Å². The number of para-hydroxylation sites is 1. The number of hydrogen-bond acceptors (Lipinski definition) is 5. The maximum atomic E-state index is 12.7. The van der Waals surface area contributed by atoms with Crippen molar-refractivity contribution in [1.29, 1.82) is 0 Å². The standard InChI is InChI=1S/C24H28N2O3/c1-25(2)20-11-9-18(10-12-20)22-17-19-7-6-8-21(23(19)29-22)24(27)28-16-15-26-13-4-3-5-14-26/h6-12,17H,3-5,13-16H2,1-2H3. The second-order valence-corrected chi connectivity index (χ2v) is 7.81. The molecule has 0 aliphatic carbocycles. The van der Waals surface area contributed by atoms with Crippen LogP contribution < -0.4 is 4.90 Å². The monoisotopic (exact) mass is 392 g/mol. The fourth-order valence-electron chi connectivity index (χ4n) is 3.82. The molecular formula is C24H28N2O3. The molecule has 0 atom stereocenters. The van der Waals surface area contributed by atoms with Crippen LogP contribution in [0.5, 0.6) is 0 Å². The number of anilines is 1. The predicted molar refractivity (Wildman–Crippen MR) is 117 cm³/mol. The van der Waals surface area contributed by atoms with E-state index in [1.165, 1.54) is 19.3 Å². The molecular weight excluding hydrogens is 364 g/mol. The largest absolute Gasteiger partial charge is 0.461 e. The van der Waals surface area contributed by atoms with Gasteiger partial charge in [-0.2, -0.15) is 0 Å². The van der Waals surface area contributed by atoms with Crippen molar-refractivity contribution in [2.45, 2.75) is 19.3 Å². The summed E-state index contributed by atoms with van der Waals surface area (Å²) >= 11 is 0. The summed E-state index contributed by atoms with van der Waals surface area (Å²) in [5, 5.41) is 0.905. The smallest absolute Gasteiger partial charge is 0.342 e. The van der Waals surface area contributed by atoms with E-state index in [2.05, 4.69) is 21.9 Å². The third-order valence-electron chi connectivity index (χ3n) is 5.52. The molecule has 152 valence electrons. The average Bonchev–Trinajstić information content (AvgIpc) is 3.19. The third-order valence-corrected chi connectivity index (χ3v) is 5.52. The van der Waals surface area contributed by atoms with Crippen LogP contribution in [0.2, 0.25) is 0 Å². The van der Waals surface area contributed by atoms with Gasteiger partial charge in [0.2, 0.25) is 0 Å². The number of likely N-dealkylation sites (tertiary alicyclic amines) is 1. The van der Waals surface area contributed by atoms with Crippen molar-refractivity contribution in [3.8, 4) is 11.3 Å². The Bertz CT molecular complexity index is 969. The van der Waals surface area contributed by atoms with Gasteiger partial charge in [-0.05, 0) is 62.3 Å². The quantitative estimate of drug-likeness (QED) is 0.564. The number of rotatable bonds is 6. The zero-order chi connectivity index (χ0) is 20.2. The van der Waals surface area contributed by atoms with Crippen molar-refractivity contribution in [2.75, 3.05) is 45.2 Å². The zero-order valence-electron chi connectivity index (χ0n) is 17.2. The number of nitrogens with zero attached hydrogens (tertiary/aromatic N) is 2. The van der Waals surface area contributed by atoms with Crippen molar-refractivity contribution in [3.05, 3.63) is 54.1 Å². The summed E-state index contributed by atoms with van der Waals surface area (Å²) in [6, 6.07) is 15.8. The van der Waals surface area contributed by atoms with Gasteiger partial charge in [-0.3, -0.25) is 4.90 Å². The number of fused-ring (bicyclic) bond motifs is 1. The molecule has 3 aromatic rings. The van der Waals surface area contributed by atoms with Gasteiger partial charge in [-0.1, -0.05) is 18.6 Å². The summed E-state index contributed by atoms with van der Waals surface area (Å²) in [7, 11) is 4.03. The van der Waals surface area contributed by atoms with Crippen LogP contribution in [0.25, 0.3) is 22.3 Å². The Balaban J connectivity index is 1.49. The number of carbonyl (C=O) groups is 1. The van der Waals surface area contributed by atoms with Crippen LogP contribution in [-0.2, 0) is 4.74 Å². The van der Waals surface area contributed by atoms with E-state index in [0.717, 1.165) is 42.0 Å². The molecule has 0 radical (unpaired) electrons. The number of carbonyl (C=O) groups excluding carboxylic acids is 1. The molecule has 2 heterocycles. The lowest BCUT2D eigenvalue weighted by Gasteiger charge is -2.25. The van der Waals surface area contributed by atoms with Crippen molar-refractivity contribution in [2.24, 2.45) is 0 Å². The molecule has 1 saturated heterocycles. The highest BCUT2D eigenvalue weighted by atomic mass is 16.5. The van der Waals surface area contributed by atoms with Crippen LogP contribution in [-0.4, -0.2) is 51.2 Å². The van der Waals surface area contributed by atoms with Crippen LogP contribution in [0.3, 0.4) is 0 Å². The van der Waals surface area contributed by atoms with Gasteiger partial charge in [-0.15, -0.1) is 0 Å². The first-order valence-electron chi connectivity index (χ1n) is 10.3. The lowest BCUT2D eigenvalue weighted by atomic mass is 10.1. The maximum Gasteiger partial charge on any atom is 0.342 e. The van der Waals surface area contributed by atoms with Gasteiger partial charge in [0, 0.05) is 37.3 Å². The normalized spacial score (nSPS) is 14.8. The topological polar surface area (TPSA) is 45.9 Å². The SMILES string of the molecule is CN(C)c1ccc(-c2cc3cccc(C(=O)OCCN4CCCCC4)c3o2)cc1. The average molecular weight is 392 g/mol. The lowest BCUT2D eigenvalue weighted by molar-refractivity contribution is 0.0453. The fourth-order valence-corrected chi connectivity index (χ4v) is 3.82. The Morgan fingerprint density at radius 2 is 1.83 bits per heavy atom. The van der Waals surface area contributed by atoms with Crippen LogP contribution in [0, 0.1) is 0 Å². The Kier molecular flexibility index (Phi) is 5.86. The highest BCUT2D eigenvalue weighted by Crippen LogP contribution is 2.31. The molecule has 2 aromatic carbocycles. The molecule has 0 N–H and O–H groups in total. The Morgan fingerprint density at radius 1 is 1.07 bits per heavy atom. The van der Waals surface area contributed by atoms with E-state index in [9.17, 15) is 4.79 Å². The number of hydrogen-bond donors (Lipinski definition) is 0. The molecule has 29 heavy (non-hydrogen) atoms. The highest BCUT2D eigenvalue weighted by Gasteiger charge is 2.17. The number of benzene rings is 2.